The molecule has 0 radical (unpaired) electrons. The van der Waals surface area contributed by atoms with E-state index in [-0.39, 0.29) is 17.9 Å². The van der Waals surface area contributed by atoms with E-state index in [0.717, 1.165) is 13.0 Å². The van der Waals surface area contributed by atoms with Crippen LogP contribution >= 0.6 is 11.6 Å². The molecule has 0 bridgehead atoms. The van der Waals surface area contributed by atoms with Gasteiger partial charge in [-0.2, -0.15) is 4.98 Å². The topological polar surface area (TPSA) is 77.2 Å². The maximum Gasteiger partial charge on any atom is 0.251 e. The first kappa shape index (κ1) is 15.0. The van der Waals surface area contributed by atoms with Crippen molar-refractivity contribution in [2.24, 2.45) is 0 Å². The molecule has 116 valence electrons. The zero-order valence-corrected chi connectivity index (χ0v) is 12.8. The molecule has 1 aromatic heterocycles. The van der Waals surface area contributed by atoms with Crippen molar-refractivity contribution in [1.29, 1.82) is 0 Å². The van der Waals surface area contributed by atoms with Crippen molar-refractivity contribution in [2.75, 3.05) is 13.2 Å². The average Bonchev–Trinajstić information content (AvgIpc) is 3.19. The van der Waals surface area contributed by atoms with Crippen LogP contribution in [0, 0.1) is 0 Å². The molecular formula is C15H16ClN3O3. The van der Waals surface area contributed by atoms with Gasteiger partial charge in [0.05, 0.1) is 6.61 Å². The number of aromatic nitrogens is 2. The predicted molar refractivity (Wildman–Crippen MR) is 79.8 cm³/mol. The van der Waals surface area contributed by atoms with Gasteiger partial charge in [-0.3, -0.25) is 4.79 Å². The minimum Gasteiger partial charge on any atom is -0.381 e. The van der Waals surface area contributed by atoms with Gasteiger partial charge in [0, 0.05) is 23.1 Å². The van der Waals surface area contributed by atoms with E-state index in [4.69, 9.17) is 20.9 Å². The fourth-order valence-corrected chi connectivity index (χ4v) is 2.40. The van der Waals surface area contributed by atoms with Crippen LogP contribution < -0.4 is 5.32 Å². The molecule has 2 atom stereocenters. The maximum absolute atomic E-state index is 12.1. The smallest absolute Gasteiger partial charge is 0.251 e. The molecule has 1 aromatic carbocycles. The monoisotopic (exact) mass is 321 g/mol. The lowest BCUT2D eigenvalue weighted by Crippen LogP contribution is -2.26. The summed E-state index contributed by atoms with van der Waals surface area (Å²) >= 11 is 5.81. The Balaban J connectivity index is 1.65. The van der Waals surface area contributed by atoms with Gasteiger partial charge in [-0.05, 0) is 37.6 Å². The Morgan fingerprint density at radius 1 is 1.41 bits per heavy atom. The number of hydrogen-bond acceptors (Lipinski definition) is 5. The molecule has 0 aliphatic carbocycles. The summed E-state index contributed by atoms with van der Waals surface area (Å²) in [5.41, 5.74) is 0.528. The number of hydrogen-bond donors (Lipinski definition) is 1. The predicted octanol–water partition coefficient (Wildman–Crippen LogP) is 2.72. The zero-order valence-electron chi connectivity index (χ0n) is 12.1. The highest BCUT2D eigenvalue weighted by Gasteiger charge is 2.25. The molecule has 2 unspecified atom stereocenters. The van der Waals surface area contributed by atoms with Crippen LogP contribution in [0.2, 0.25) is 5.02 Å². The number of benzene rings is 1. The van der Waals surface area contributed by atoms with Crippen molar-refractivity contribution in [3.05, 3.63) is 46.6 Å². The summed E-state index contributed by atoms with van der Waals surface area (Å²) in [6.45, 7) is 3.14. The van der Waals surface area contributed by atoms with E-state index in [9.17, 15) is 4.79 Å². The fourth-order valence-electron chi connectivity index (χ4n) is 2.27. The molecular weight excluding hydrogens is 306 g/mol. The molecule has 7 heteroatoms. The second-order valence-electron chi connectivity index (χ2n) is 5.25. The maximum atomic E-state index is 12.1. The Kier molecular flexibility index (Phi) is 4.40. The summed E-state index contributed by atoms with van der Waals surface area (Å²) in [6.07, 6.45) is 0.893. The van der Waals surface area contributed by atoms with Gasteiger partial charge < -0.3 is 14.6 Å². The number of rotatable bonds is 4. The van der Waals surface area contributed by atoms with Crippen molar-refractivity contribution in [1.82, 2.24) is 15.5 Å². The summed E-state index contributed by atoms with van der Waals surface area (Å²) in [5, 5.41) is 7.39. The summed E-state index contributed by atoms with van der Waals surface area (Å²) in [6, 6.07) is 6.31. The molecule has 22 heavy (non-hydrogen) atoms. The standard InChI is InChI=1S/C15H16ClN3O3/c1-9(17-14(20)10-2-4-12(16)5-3-10)15-18-13(19-22-15)11-6-7-21-8-11/h2-5,9,11H,6-8H2,1H3,(H,17,20). The minimum absolute atomic E-state index is 0.177. The molecule has 0 saturated carbocycles. The Morgan fingerprint density at radius 3 is 2.86 bits per heavy atom. The van der Waals surface area contributed by atoms with Gasteiger partial charge in [-0.1, -0.05) is 16.8 Å². The number of nitrogens with one attached hydrogen (secondary N) is 1. The highest BCUT2D eigenvalue weighted by atomic mass is 35.5. The van der Waals surface area contributed by atoms with E-state index in [2.05, 4.69) is 15.5 Å². The Labute approximate surface area is 132 Å². The molecule has 1 fully saturated rings. The van der Waals surface area contributed by atoms with Crippen LogP contribution in [0.1, 0.15) is 47.4 Å². The molecule has 2 aromatic rings. The SMILES string of the molecule is CC(NC(=O)c1ccc(Cl)cc1)c1nc(C2CCOC2)no1. The molecule has 1 N–H and O–H groups in total. The third kappa shape index (κ3) is 3.28. The van der Waals surface area contributed by atoms with Crippen LogP contribution in [0.5, 0.6) is 0 Å². The van der Waals surface area contributed by atoms with Crippen LogP contribution in [0.3, 0.4) is 0 Å². The normalized spacial score (nSPS) is 19.1. The minimum atomic E-state index is -0.369. The molecule has 0 spiro atoms. The van der Waals surface area contributed by atoms with Crippen LogP contribution in [0.4, 0.5) is 0 Å². The lowest BCUT2D eigenvalue weighted by molar-refractivity contribution is 0.0932. The van der Waals surface area contributed by atoms with E-state index in [1.807, 2.05) is 0 Å². The first-order chi connectivity index (χ1) is 10.6. The van der Waals surface area contributed by atoms with Crippen LogP contribution in [-0.4, -0.2) is 29.3 Å². The van der Waals surface area contributed by atoms with E-state index in [0.29, 0.717) is 28.9 Å². The van der Waals surface area contributed by atoms with Gasteiger partial charge in [0.2, 0.25) is 5.89 Å². The van der Waals surface area contributed by atoms with Crippen molar-refractivity contribution in [3.63, 3.8) is 0 Å². The number of amides is 1. The lowest BCUT2D eigenvalue weighted by atomic mass is 10.1. The molecule has 1 aliphatic heterocycles. The van der Waals surface area contributed by atoms with Gasteiger partial charge in [0.15, 0.2) is 5.82 Å². The molecule has 2 heterocycles. The van der Waals surface area contributed by atoms with Crippen LogP contribution in [0.15, 0.2) is 28.8 Å². The van der Waals surface area contributed by atoms with Gasteiger partial charge in [0.1, 0.15) is 6.04 Å². The Bertz CT molecular complexity index is 650. The van der Waals surface area contributed by atoms with Crippen LogP contribution in [0.25, 0.3) is 0 Å². The summed E-state index contributed by atoms with van der Waals surface area (Å²) in [4.78, 5) is 16.5. The van der Waals surface area contributed by atoms with Crippen molar-refractivity contribution >= 4 is 17.5 Å². The summed E-state index contributed by atoms with van der Waals surface area (Å²) < 4.78 is 10.6. The lowest BCUT2D eigenvalue weighted by Gasteiger charge is -2.09. The zero-order chi connectivity index (χ0) is 15.5. The van der Waals surface area contributed by atoms with E-state index < -0.39 is 0 Å². The second-order valence-corrected chi connectivity index (χ2v) is 5.69. The Morgan fingerprint density at radius 2 is 2.18 bits per heavy atom. The van der Waals surface area contributed by atoms with Crippen molar-refractivity contribution in [3.8, 4) is 0 Å². The number of nitrogens with zero attached hydrogens (tertiary/aromatic N) is 2. The Hall–Kier alpha value is -1.92. The van der Waals surface area contributed by atoms with Gasteiger partial charge in [-0.25, -0.2) is 0 Å². The highest BCUT2D eigenvalue weighted by Crippen LogP contribution is 2.23. The van der Waals surface area contributed by atoms with E-state index in [1.54, 1.807) is 31.2 Å². The van der Waals surface area contributed by atoms with Gasteiger partial charge >= 0.3 is 0 Å². The first-order valence-corrected chi connectivity index (χ1v) is 7.49. The molecule has 1 aliphatic rings. The highest BCUT2D eigenvalue weighted by molar-refractivity contribution is 6.30. The van der Waals surface area contributed by atoms with Gasteiger partial charge in [0.25, 0.3) is 5.91 Å². The number of ether oxygens (including phenoxy) is 1. The number of halogens is 1. The summed E-state index contributed by atoms with van der Waals surface area (Å²) in [7, 11) is 0. The first-order valence-electron chi connectivity index (χ1n) is 7.11. The molecule has 1 saturated heterocycles. The van der Waals surface area contributed by atoms with Crippen molar-refractivity contribution in [2.45, 2.75) is 25.3 Å². The number of carbonyl (C=O) groups is 1. The van der Waals surface area contributed by atoms with E-state index in [1.165, 1.54) is 0 Å². The average molecular weight is 322 g/mol. The van der Waals surface area contributed by atoms with E-state index >= 15 is 0 Å². The fraction of sp³-hybridized carbons (Fsp3) is 0.400. The second kappa shape index (κ2) is 6.46. The quantitative estimate of drug-likeness (QED) is 0.936. The van der Waals surface area contributed by atoms with Crippen LogP contribution in [-0.2, 0) is 4.74 Å². The molecule has 3 rings (SSSR count). The van der Waals surface area contributed by atoms with Gasteiger partial charge in [-0.15, -0.1) is 0 Å². The summed E-state index contributed by atoms with van der Waals surface area (Å²) in [5.74, 6) is 0.995. The number of carbonyl (C=O) groups excluding carboxylic acids is 1. The molecule has 6 nitrogen and oxygen atoms in total. The van der Waals surface area contributed by atoms with Crippen molar-refractivity contribution < 1.29 is 14.1 Å². The third-order valence-corrected chi connectivity index (χ3v) is 3.83. The third-order valence-electron chi connectivity index (χ3n) is 3.58. The molecule has 1 amide bonds. The largest absolute Gasteiger partial charge is 0.381 e.